The van der Waals surface area contributed by atoms with Crippen LogP contribution in [-0.2, 0) is 17.8 Å². The molecule has 2 aliphatic heterocycles. The molecular weight excluding hydrogens is 434 g/mol. The number of benzene rings is 2. The van der Waals surface area contributed by atoms with Gasteiger partial charge in [0, 0.05) is 43.5 Å². The summed E-state index contributed by atoms with van der Waals surface area (Å²) < 4.78 is 10.2. The Bertz CT molecular complexity index is 1280. The van der Waals surface area contributed by atoms with Gasteiger partial charge in [0.1, 0.15) is 6.23 Å². The number of fused-ring (bicyclic) bond motifs is 1. The van der Waals surface area contributed by atoms with Crippen molar-refractivity contribution in [2.45, 2.75) is 64.4 Å². The van der Waals surface area contributed by atoms with Gasteiger partial charge >= 0.3 is 0 Å². The normalized spacial score (nSPS) is 22.7. The Morgan fingerprint density at radius 3 is 2.77 bits per heavy atom. The highest BCUT2D eigenvalue weighted by molar-refractivity contribution is 5.81. The Kier molecular flexibility index (Phi) is 5.94. The van der Waals surface area contributed by atoms with Gasteiger partial charge in [-0.05, 0) is 68.7 Å². The molecule has 6 rings (SSSR count). The number of ether oxygens (including phenoxy) is 1. The lowest BCUT2D eigenvalue weighted by Gasteiger charge is -2.31. The lowest BCUT2D eigenvalue weighted by Crippen LogP contribution is -2.37. The first kappa shape index (κ1) is 22.5. The standard InChI is InChI=1S/C29H35N5O/c1-29(2)15-23(19-33(29)18-22-8-4-3-5-9-22)17-32-21-30-26-14-24(11-12-27(26)32)25-16-31-34(20-25)28-10-6-7-13-35-28/h3-5,8-9,11-12,14,16,20-21,23,28H,6-7,10,13,15,17-19H2,1-2H3. The van der Waals surface area contributed by atoms with Crippen LogP contribution in [-0.4, -0.2) is 42.9 Å². The van der Waals surface area contributed by atoms with Gasteiger partial charge in [-0.1, -0.05) is 36.4 Å². The third-order valence-electron chi connectivity index (χ3n) is 7.80. The molecule has 2 aromatic carbocycles. The first-order chi connectivity index (χ1) is 17.0. The highest BCUT2D eigenvalue weighted by atomic mass is 16.5. The SMILES string of the molecule is CC1(C)CC(Cn2cnc3cc(-c4cnn(C5CCCCO5)c4)ccc32)CN1Cc1ccccc1. The Morgan fingerprint density at radius 2 is 1.94 bits per heavy atom. The molecule has 2 aliphatic rings. The van der Waals surface area contributed by atoms with Crippen molar-refractivity contribution in [1.82, 2.24) is 24.2 Å². The number of nitrogens with zero attached hydrogens (tertiary/aromatic N) is 5. The Balaban J connectivity index is 1.16. The molecule has 2 atom stereocenters. The molecule has 0 bridgehead atoms. The predicted molar refractivity (Wildman–Crippen MR) is 139 cm³/mol. The summed E-state index contributed by atoms with van der Waals surface area (Å²) in [6.07, 6.45) is 10.7. The van der Waals surface area contributed by atoms with E-state index < -0.39 is 0 Å². The van der Waals surface area contributed by atoms with Gasteiger partial charge in [-0.2, -0.15) is 5.10 Å². The van der Waals surface area contributed by atoms with Gasteiger partial charge in [-0.3, -0.25) is 4.90 Å². The highest BCUT2D eigenvalue weighted by Crippen LogP contribution is 2.35. The molecule has 4 aromatic rings. The summed E-state index contributed by atoms with van der Waals surface area (Å²) in [5.41, 5.74) is 6.11. The van der Waals surface area contributed by atoms with Crippen LogP contribution in [0.15, 0.2) is 67.3 Å². The Hall–Kier alpha value is -2.96. The van der Waals surface area contributed by atoms with Crippen LogP contribution in [0.25, 0.3) is 22.2 Å². The summed E-state index contributed by atoms with van der Waals surface area (Å²) in [6, 6.07) is 17.4. The van der Waals surface area contributed by atoms with E-state index in [0.717, 1.165) is 55.7 Å². The lowest BCUT2D eigenvalue weighted by atomic mass is 9.96. The zero-order valence-electron chi connectivity index (χ0n) is 20.8. The average molecular weight is 470 g/mol. The van der Waals surface area contributed by atoms with Gasteiger partial charge in [0.25, 0.3) is 0 Å². The number of likely N-dealkylation sites (tertiary alicyclic amines) is 1. The first-order valence-electron chi connectivity index (χ1n) is 13.0. The summed E-state index contributed by atoms with van der Waals surface area (Å²) in [5.74, 6) is 0.611. The molecule has 35 heavy (non-hydrogen) atoms. The minimum Gasteiger partial charge on any atom is -0.357 e. The summed E-state index contributed by atoms with van der Waals surface area (Å²) in [4.78, 5) is 7.40. The molecule has 2 saturated heterocycles. The van der Waals surface area contributed by atoms with Gasteiger partial charge in [-0.15, -0.1) is 0 Å². The van der Waals surface area contributed by atoms with Crippen LogP contribution in [0, 0.1) is 5.92 Å². The smallest absolute Gasteiger partial charge is 0.150 e. The van der Waals surface area contributed by atoms with Crippen molar-refractivity contribution >= 4 is 11.0 Å². The zero-order valence-corrected chi connectivity index (χ0v) is 20.8. The minimum atomic E-state index is 0.0672. The maximum atomic E-state index is 5.89. The molecule has 0 N–H and O–H groups in total. The van der Waals surface area contributed by atoms with Crippen molar-refractivity contribution < 1.29 is 4.74 Å². The van der Waals surface area contributed by atoms with E-state index in [-0.39, 0.29) is 11.8 Å². The number of imidazole rings is 1. The van der Waals surface area contributed by atoms with Crippen LogP contribution in [0.2, 0.25) is 0 Å². The van der Waals surface area contributed by atoms with E-state index >= 15 is 0 Å². The van der Waals surface area contributed by atoms with Gasteiger partial charge < -0.3 is 9.30 Å². The lowest BCUT2D eigenvalue weighted by molar-refractivity contribution is -0.0394. The predicted octanol–water partition coefficient (Wildman–Crippen LogP) is 5.90. The van der Waals surface area contributed by atoms with E-state index in [1.165, 1.54) is 23.9 Å². The van der Waals surface area contributed by atoms with Crippen LogP contribution in [0.5, 0.6) is 0 Å². The van der Waals surface area contributed by atoms with Crippen LogP contribution in [0.1, 0.15) is 51.3 Å². The summed E-state index contributed by atoms with van der Waals surface area (Å²) in [6.45, 7) is 8.71. The van der Waals surface area contributed by atoms with Crippen LogP contribution in [0.4, 0.5) is 0 Å². The highest BCUT2D eigenvalue weighted by Gasteiger charge is 2.38. The van der Waals surface area contributed by atoms with Crippen LogP contribution < -0.4 is 0 Å². The van der Waals surface area contributed by atoms with Crippen LogP contribution in [0.3, 0.4) is 0 Å². The van der Waals surface area contributed by atoms with Crippen molar-refractivity contribution in [2.24, 2.45) is 5.92 Å². The van der Waals surface area contributed by atoms with Crippen molar-refractivity contribution in [3.63, 3.8) is 0 Å². The van der Waals surface area contributed by atoms with Crippen molar-refractivity contribution in [3.8, 4) is 11.1 Å². The second kappa shape index (κ2) is 9.25. The Morgan fingerprint density at radius 1 is 1.06 bits per heavy atom. The summed E-state index contributed by atoms with van der Waals surface area (Å²) in [7, 11) is 0. The fourth-order valence-electron chi connectivity index (χ4n) is 5.91. The second-order valence-corrected chi connectivity index (χ2v) is 10.9. The fourth-order valence-corrected chi connectivity index (χ4v) is 5.91. The molecule has 0 radical (unpaired) electrons. The quantitative estimate of drug-likeness (QED) is 0.353. The molecule has 0 saturated carbocycles. The van der Waals surface area contributed by atoms with Crippen molar-refractivity contribution in [1.29, 1.82) is 0 Å². The molecule has 0 amide bonds. The van der Waals surface area contributed by atoms with Crippen molar-refractivity contribution in [2.75, 3.05) is 13.2 Å². The molecule has 2 fully saturated rings. The molecule has 2 aromatic heterocycles. The van der Waals surface area contributed by atoms with Crippen LogP contribution >= 0.6 is 0 Å². The third kappa shape index (κ3) is 4.65. The topological polar surface area (TPSA) is 48.1 Å². The summed E-state index contributed by atoms with van der Waals surface area (Å²) in [5, 5.41) is 4.58. The van der Waals surface area contributed by atoms with E-state index in [9.17, 15) is 0 Å². The van der Waals surface area contributed by atoms with Gasteiger partial charge in [0.15, 0.2) is 0 Å². The van der Waals surface area contributed by atoms with E-state index in [0.29, 0.717) is 5.92 Å². The minimum absolute atomic E-state index is 0.0672. The van der Waals surface area contributed by atoms with E-state index in [4.69, 9.17) is 9.72 Å². The molecule has 6 heteroatoms. The average Bonchev–Trinajstić information content (AvgIpc) is 3.58. The first-order valence-corrected chi connectivity index (χ1v) is 13.0. The molecule has 0 spiro atoms. The number of hydrogen-bond acceptors (Lipinski definition) is 4. The van der Waals surface area contributed by atoms with Gasteiger partial charge in [-0.25, -0.2) is 9.67 Å². The molecule has 6 nitrogen and oxygen atoms in total. The summed E-state index contributed by atoms with van der Waals surface area (Å²) >= 11 is 0. The van der Waals surface area contributed by atoms with E-state index in [1.54, 1.807) is 0 Å². The fraction of sp³-hybridized carbons (Fsp3) is 0.448. The molecule has 182 valence electrons. The Labute approximate surface area is 207 Å². The second-order valence-electron chi connectivity index (χ2n) is 10.9. The molecule has 4 heterocycles. The molecule has 2 unspecified atom stereocenters. The van der Waals surface area contributed by atoms with Gasteiger partial charge in [0.2, 0.25) is 0 Å². The molecule has 0 aliphatic carbocycles. The maximum Gasteiger partial charge on any atom is 0.150 e. The zero-order chi connectivity index (χ0) is 23.8. The largest absolute Gasteiger partial charge is 0.357 e. The van der Waals surface area contributed by atoms with E-state index in [2.05, 4.69) is 83.1 Å². The van der Waals surface area contributed by atoms with Crippen molar-refractivity contribution in [3.05, 3.63) is 72.8 Å². The maximum absolute atomic E-state index is 5.89. The number of aromatic nitrogens is 4. The van der Waals surface area contributed by atoms with Gasteiger partial charge in [0.05, 0.1) is 23.6 Å². The van der Waals surface area contributed by atoms with E-state index in [1.807, 2.05) is 17.2 Å². The monoisotopic (exact) mass is 469 g/mol. The molecular formula is C29H35N5O. The number of rotatable bonds is 6. The number of hydrogen-bond donors (Lipinski definition) is 0. The third-order valence-corrected chi connectivity index (χ3v) is 7.80.